The SMILES string of the molecule is C.COC(=O)c1ccnc(Cc2cc(S(C)(=O)=O)c3ncc(C)cc3c2)c1.Cc1cnc2c(S(C)(=O)=O)cc(Cc3cc(C(=O)NCc4cc5cc[nH]c5cc4F)ccn3)cc2c1.NCc1cc2cc[nH]c2cc1F. The number of amides is 1. The summed E-state index contributed by atoms with van der Waals surface area (Å²) in [5.74, 6) is -1.44. The number of esters is 1. The van der Waals surface area contributed by atoms with Gasteiger partial charge in [0.25, 0.3) is 5.91 Å². The molecule has 1 amide bonds. The van der Waals surface area contributed by atoms with Gasteiger partial charge in [-0.2, -0.15) is 0 Å². The van der Waals surface area contributed by atoms with Crippen LogP contribution >= 0.6 is 0 Å². The van der Waals surface area contributed by atoms with Gasteiger partial charge in [-0.1, -0.05) is 7.43 Å². The smallest absolute Gasteiger partial charge is 0.337 e. The lowest BCUT2D eigenvalue weighted by atomic mass is 10.0. The van der Waals surface area contributed by atoms with Crippen molar-refractivity contribution in [1.29, 1.82) is 0 Å². The number of aryl methyl sites for hydroxylation is 2. The molecule has 4 aromatic carbocycles. The largest absolute Gasteiger partial charge is 0.465 e. The van der Waals surface area contributed by atoms with Crippen LogP contribution in [-0.4, -0.2) is 78.2 Å². The summed E-state index contributed by atoms with van der Waals surface area (Å²) in [4.78, 5) is 47.9. The second kappa shape index (κ2) is 22.9. The molecule has 0 atom stereocenters. The van der Waals surface area contributed by atoms with Crippen molar-refractivity contribution in [2.45, 2.75) is 57.0 Å². The third kappa shape index (κ3) is 13.1. The molecule has 0 aliphatic heterocycles. The Labute approximate surface area is 432 Å². The number of nitrogens with two attached hydrogens (primary N) is 1. The molecular weight excluding hydrogens is 999 g/mol. The van der Waals surface area contributed by atoms with Crippen LogP contribution in [0.5, 0.6) is 0 Å². The molecule has 0 aliphatic carbocycles. The van der Waals surface area contributed by atoms with Gasteiger partial charge in [0.15, 0.2) is 19.7 Å². The first-order chi connectivity index (χ1) is 35.3. The molecule has 386 valence electrons. The van der Waals surface area contributed by atoms with Crippen molar-refractivity contribution in [3.63, 3.8) is 0 Å². The quantitative estimate of drug-likeness (QED) is 0.0887. The maximum atomic E-state index is 14.4. The van der Waals surface area contributed by atoms with E-state index in [-0.39, 0.29) is 42.0 Å². The van der Waals surface area contributed by atoms with E-state index in [4.69, 9.17) is 10.5 Å². The predicted molar refractivity (Wildman–Crippen MR) is 287 cm³/mol. The maximum absolute atomic E-state index is 14.4. The molecule has 15 nitrogen and oxygen atoms in total. The molecule has 0 bridgehead atoms. The number of aromatic amines is 2. The summed E-state index contributed by atoms with van der Waals surface area (Å²) in [5, 5.41) is 6.10. The van der Waals surface area contributed by atoms with Crippen LogP contribution in [0.3, 0.4) is 0 Å². The van der Waals surface area contributed by atoms with Gasteiger partial charge in [-0.25, -0.2) is 30.4 Å². The van der Waals surface area contributed by atoms with E-state index in [1.54, 1.807) is 73.3 Å². The van der Waals surface area contributed by atoms with Crippen LogP contribution in [0.1, 0.15) is 72.9 Å². The number of ether oxygens (including phenoxy) is 1. The fourth-order valence-corrected chi connectivity index (χ4v) is 10.1. The van der Waals surface area contributed by atoms with E-state index in [0.717, 1.165) is 55.6 Å². The number of sulfone groups is 2. The number of fused-ring (bicyclic) bond motifs is 4. The first kappa shape index (κ1) is 54.5. The third-order valence-electron chi connectivity index (χ3n) is 11.9. The van der Waals surface area contributed by atoms with E-state index >= 15 is 0 Å². The van der Waals surface area contributed by atoms with Crippen LogP contribution in [0.2, 0.25) is 0 Å². The summed E-state index contributed by atoms with van der Waals surface area (Å²) in [6.07, 6.45) is 12.9. The molecule has 6 aromatic heterocycles. The molecule has 0 fully saturated rings. The fourth-order valence-electron chi connectivity index (χ4n) is 8.31. The van der Waals surface area contributed by atoms with Gasteiger partial charge in [-0.15, -0.1) is 0 Å². The van der Waals surface area contributed by atoms with Gasteiger partial charge in [-0.05, 0) is 144 Å². The Morgan fingerprint density at radius 1 is 0.613 bits per heavy atom. The van der Waals surface area contributed by atoms with Crippen molar-refractivity contribution in [2.24, 2.45) is 5.73 Å². The Morgan fingerprint density at radius 2 is 1.08 bits per heavy atom. The van der Waals surface area contributed by atoms with Crippen LogP contribution in [-0.2, 0) is 50.3 Å². The van der Waals surface area contributed by atoms with Gasteiger partial charge >= 0.3 is 5.97 Å². The summed E-state index contributed by atoms with van der Waals surface area (Å²) < 4.78 is 81.4. The number of carbonyl (C=O) groups excluding carboxylic acids is 2. The van der Waals surface area contributed by atoms with Crippen LogP contribution in [0.4, 0.5) is 8.78 Å². The molecule has 19 heteroatoms. The fraction of sp³-hybridized carbons (Fsp3) is 0.179. The third-order valence-corrected chi connectivity index (χ3v) is 14.1. The number of nitrogens with zero attached hydrogens (tertiary/aromatic N) is 4. The molecule has 0 radical (unpaired) electrons. The number of benzene rings is 4. The van der Waals surface area contributed by atoms with Gasteiger partial charge in [0.2, 0.25) is 0 Å². The molecule has 0 saturated heterocycles. The highest BCUT2D eigenvalue weighted by Crippen LogP contribution is 2.28. The number of rotatable bonds is 11. The van der Waals surface area contributed by atoms with Crippen molar-refractivity contribution in [1.82, 2.24) is 35.2 Å². The Hall–Kier alpha value is -8.26. The molecule has 0 spiro atoms. The Bertz CT molecular complexity index is 4010. The number of hydrogen-bond donors (Lipinski definition) is 4. The maximum Gasteiger partial charge on any atom is 0.337 e. The first-order valence-electron chi connectivity index (χ1n) is 22.9. The lowest BCUT2D eigenvalue weighted by Gasteiger charge is -2.10. The van der Waals surface area contributed by atoms with E-state index in [1.165, 1.54) is 37.9 Å². The number of H-pyrrole nitrogens is 2. The van der Waals surface area contributed by atoms with E-state index < -0.39 is 31.5 Å². The normalized spacial score (nSPS) is 11.4. The minimum atomic E-state index is -3.51. The number of hydrogen-bond acceptors (Lipinski definition) is 12. The molecule has 10 aromatic rings. The van der Waals surface area contributed by atoms with E-state index in [1.807, 2.05) is 50.2 Å². The van der Waals surface area contributed by atoms with E-state index in [0.29, 0.717) is 63.0 Å². The number of carbonyl (C=O) groups is 2. The molecular formula is C56H54F2N8O7S2. The molecule has 10 rings (SSSR count). The van der Waals surface area contributed by atoms with Gasteiger partial charge in [0.1, 0.15) is 11.6 Å². The van der Waals surface area contributed by atoms with Crippen molar-refractivity contribution >= 4 is 75.2 Å². The van der Waals surface area contributed by atoms with Gasteiger partial charge in [0, 0.05) is 126 Å². The zero-order chi connectivity index (χ0) is 52.9. The summed E-state index contributed by atoms with van der Waals surface area (Å²) in [7, 11) is -5.63. The standard InChI is InChI=1S/C27H23FN4O3S.C19H18N2O4S.C9H9FN2.CH4/c1-16-7-20-8-17(10-25(36(2,34)35)26(20)31-14-16)9-22-12-19(4-5-29-22)27(33)32-15-21-11-18-3-6-30-24(18)13-23(21)28;1-12-6-15-7-13(9-17(26(3,23)24)18(15)21-11-12)8-16-10-14(4-5-20-16)19(22)25-2;10-8-4-9-6(1-2-12-9)3-7(8)5-11;/h3-8,10-14,30H,9,15H2,1-2H3,(H,32,33);4-7,9-11H,8H2,1-3H3;1-4,12H,5,11H2;1H4. The minimum absolute atomic E-state index is 0. The number of halogens is 2. The molecule has 75 heavy (non-hydrogen) atoms. The Kier molecular flexibility index (Phi) is 16.6. The Morgan fingerprint density at radius 3 is 1.56 bits per heavy atom. The number of methoxy groups -OCH3 is 1. The molecule has 5 N–H and O–H groups in total. The average Bonchev–Trinajstić information content (AvgIpc) is 4.03. The van der Waals surface area contributed by atoms with Crippen LogP contribution in [0, 0.1) is 25.5 Å². The zero-order valence-electron chi connectivity index (χ0n) is 40.8. The highest BCUT2D eigenvalue weighted by atomic mass is 32.2. The number of pyridine rings is 4. The van der Waals surface area contributed by atoms with Crippen molar-refractivity contribution < 1.29 is 39.9 Å². The van der Waals surface area contributed by atoms with Gasteiger partial charge in [-0.3, -0.25) is 24.7 Å². The van der Waals surface area contributed by atoms with Crippen molar-refractivity contribution in [3.05, 3.63) is 202 Å². The minimum Gasteiger partial charge on any atom is -0.465 e. The van der Waals surface area contributed by atoms with Gasteiger partial charge in [0.05, 0.1) is 33.5 Å². The van der Waals surface area contributed by atoms with Crippen LogP contribution in [0.15, 0.2) is 144 Å². The van der Waals surface area contributed by atoms with Crippen LogP contribution in [0.25, 0.3) is 43.6 Å². The first-order valence-corrected chi connectivity index (χ1v) is 26.7. The molecule has 0 unspecified atom stereocenters. The van der Waals surface area contributed by atoms with Gasteiger partial charge < -0.3 is 25.8 Å². The van der Waals surface area contributed by atoms with E-state index in [2.05, 4.69) is 35.2 Å². The van der Waals surface area contributed by atoms with Crippen LogP contribution < -0.4 is 11.1 Å². The van der Waals surface area contributed by atoms with Crippen molar-refractivity contribution in [3.8, 4) is 0 Å². The lowest BCUT2D eigenvalue weighted by Crippen LogP contribution is -2.23. The summed E-state index contributed by atoms with van der Waals surface area (Å²) in [6.45, 7) is 4.08. The lowest BCUT2D eigenvalue weighted by molar-refractivity contribution is 0.0600. The summed E-state index contributed by atoms with van der Waals surface area (Å²) in [5.41, 5.74) is 14.1. The molecule has 6 heterocycles. The highest BCUT2D eigenvalue weighted by molar-refractivity contribution is 7.91. The number of nitrogens with one attached hydrogen (secondary N) is 3. The van der Waals surface area contributed by atoms with E-state index in [9.17, 15) is 35.2 Å². The Balaban J connectivity index is 0.000000183. The highest BCUT2D eigenvalue weighted by Gasteiger charge is 2.19. The predicted octanol–water partition coefficient (Wildman–Crippen LogP) is 9.60. The second-order valence-corrected chi connectivity index (χ2v) is 21.7. The summed E-state index contributed by atoms with van der Waals surface area (Å²) in [6, 6.07) is 27.3. The van der Waals surface area contributed by atoms with Crippen molar-refractivity contribution in [2.75, 3.05) is 19.6 Å². The summed E-state index contributed by atoms with van der Waals surface area (Å²) >= 11 is 0. The number of aromatic nitrogens is 6. The topological polar surface area (TPSA) is 233 Å². The zero-order valence-corrected chi connectivity index (χ0v) is 42.5. The average molecular weight is 1050 g/mol. The molecule has 0 saturated carbocycles. The second-order valence-electron chi connectivity index (χ2n) is 17.7. The molecule has 0 aliphatic rings. The monoisotopic (exact) mass is 1050 g/mol.